The van der Waals surface area contributed by atoms with Crippen molar-refractivity contribution in [2.45, 2.75) is 13.8 Å². The highest BCUT2D eigenvalue weighted by atomic mass is 16.4. The van der Waals surface area contributed by atoms with Gasteiger partial charge in [0.15, 0.2) is 0 Å². The quantitative estimate of drug-likeness (QED) is 0.544. The molecule has 2 rings (SSSR count). The number of nitrogens with one attached hydrogen (secondary N) is 1. The summed E-state index contributed by atoms with van der Waals surface area (Å²) in [5, 5.41) is 19.1. The van der Waals surface area contributed by atoms with Crippen molar-refractivity contribution in [3.05, 3.63) is 29.0 Å². The Hall–Kier alpha value is -2.30. The predicted molar refractivity (Wildman–Crippen MR) is 61.4 cm³/mol. The lowest BCUT2D eigenvalue weighted by molar-refractivity contribution is -0.131. The van der Waals surface area contributed by atoms with Gasteiger partial charge in [-0.2, -0.15) is 0 Å². The highest BCUT2D eigenvalue weighted by molar-refractivity contribution is 6.41. The van der Waals surface area contributed by atoms with Crippen LogP contribution in [0.4, 0.5) is 0 Å². The van der Waals surface area contributed by atoms with E-state index in [1.165, 1.54) is 6.07 Å². The number of Topliss-reactive ketones (excluding diaryl/α,β-unsaturated/α-hetero) is 1. The monoisotopic (exact) mass is 233 g/mol. The number of carboxylic acids is 1. The third kappa shape index (κ3) is 1.56. The second-order valence-corrected chi connectivity index (χ2v) is 3.89. The molecular formula is C12H11NO4. The number of fused-ring (bicyclic) bond motifs is 1. The molecule has 0 unspecified atom stereocenters. The van der Waals surface area contributed by atoms with Gasteiger partial charge in [0.05, 0.1) is 5.56 Å². The molecule has 5 heteroatoms. The van der Waals surface area contributed by atoms with E-state index in [2.05, 4.69) is 4.98 Å². The van der Waals surface area contributed by atoms with E-state index in [9.17, 15) is 14.7 Å². The first kappa shape index (κ1) is 11.2. The third-order valence-corrected chi connectivity index (χ3v) is 2.88. The second kappa shape index (κ2) is 3.62. The maximum atomic E-state index is 11.4. The number of aromatic hydroxyl groups is 1. The molecule has 0 fully saturated rings. The Balaban J connectivity index is 2.77. The highest BCUT2D eigenvalue weighted by Gasteiger charge is 2.21. The van der Waals surface area contributed by atoms with Crippen LogP contribution in [0.15, 0.2) is 12.1 Å². The van der Waals surface area contributed by atoms with Gasteiger partial charge in [0.25, 0.3) is 5.78 Å². The van der Waals surface area contributed by atoms with Crippen molar-refractivity contribution in [3.8, 4) is 5.75 Å². The van der Waals surface area contributed by atoms with Crippen LogP contribution in [-0.4, -0.2) is 26.9 Å². The summed E-state index contributed by atoms with van der Waals surface area (Å²) >= 11 is 0. The van der Waals surface area contributed by atoms with Gasteiger partial charge >= 0.3 is 5.97 Å². The van der Waals surface area contributed by atoms with Crippen molar-refractivity contribution in [3.63, 3.8) is 0 Å². The highest BCUT2D eigenvalue weighted by Crippen LogP contribution is 2.32. The maximum absolute atomic E-state index is 11.4. The molecule has 1 heterocycles. The standard InChI is InChI=1S/C12H11NO4/c1-5-6(2)13-8-4-3-7(10(14)9(5)8)11(15)12(16)17/h3-4,13-14H,1-2H3,(H,16,17). The van der Waals surface area contributed by atoms with E-state index in [4.69, 9.17) is 5.11 Å². The molecule has 0 radical (unpaired) electrons. The first-order valence-electron chi connectivity index (χ1n) is 5.02. The zero-order chi connectivity index (χ0) is 12.7. The fraction of sp³-hybridized carbons (Fsp3) is 0.167. The molecule has 0 saturated heterocycles. The van der Waals surface area contributed by atoms with Gasteiger partial charge in [-0.3, -0.25) is 4.79 Å². The lowest BCUT2D eigenvalue weighted by atomic mass is 10.0. The van der Waals surface area contributed by atoms with Gasteiger partial charge in [-0.15, -0.1) is 0 Å². The number of aromatic amines is 1. The number of benzene rings is 1. The Kier molecular flexibility index (Phi) is 2.38. The summed E-state index contributed by atoms with van der Waals surface area (Å²) in [6, 6.07) is 2.90. The van der Waals surface area contributed by atoms with Crippen molar-refractivity contribution < 1.29 is 19.8 Å². The van der Waals surface area contributed by atoms with Crippen LogP contribution in [-0.2, 0) is 4.79 Å². The van der Waals surface area contributed by atoms with E-state index in [0.29, 0.717) is 10.9 Å². The Morgan fingerprint density at radius 2 is 1.88 bits per heavy atom. The van der Waals surface area contributed by atoms with Gasteiger partial charge < -0.3 is 15.2 Å². The topological polar surface area (TPSA) is 90.4 Å². The van der Waals surface area contributed by atoms with E-state index in [-0.39, 0.29) is 11.3 Å². The number of aryl methyl sites for hydroxylation is 2. The van der Waals surface area contributed by atoms with Crippen molar-refractivity contribution in [1.29, 1.82) is 0 Å². The van der Waals surface area contributed by atoms with Gasteiger partial charge in [0, 0.05) is 16.6 Å². The summed E-state index contributed by atoms with van der Waals surface area (Å²) in [6.07, 6.45) is 0. The summed E-state index contributed by atoms with van der Waals surface area (Å²) in [5.74, 6) is -2.97. The van der Waals surface area contributed by atoms with Gasteiger partial charge in [-0.25, -0.2) is 4.79 Å². The minimum Gasteiger partial charge on any atom is -0.506 e. The summed E-state index contributed by atoms with van der Waals surface area (Å²) in [5.41, 5.74) is 2.17. The molecule has 17 heavy (non-hydrogen) atoms. The van der Waals surface area contributed by atoms with Crippen molar-refractivity contribution in [2.75, 3.05) is 0 Å². The number of aliphatic carboxylic acids is 1. The maximum Gasteiger partial charge on any atom is 0.377 e. The van der Waals surface area contributed by atoms with Gasteiger partial charge in [-0.05, 0) is 31.5 Å². The van der Waals surface area contributed by atoms with E-state index in [1.807, 2.05) is 6.92 Å². The molecule has 1 aromatic carbocycles. The number of rotatable bonds is 2. The number of carbonyl (C=O) groups excluding carboxylic acids is 1. The Morgan fingerprint density at radius 3 is 2.47 bits per heavy atom. The average Bonchev–Trinajstić information content (AvgIpc) is 2.55. The normalized spacial score (nSPS) is 10.7. The Bertz CT molecular complexity index is 639. The van der Waals surface area contributed by atoms with Crippen LogP contribution in [0.3, 0.4) is 0 Å². The van der Waals surface area contributed by atoms with Crippen LogP contribution >= 0.6 is 0 Å². The van der Waals surface area contributed by atoms with E-state index < -0.39 is 11.8 Å². The largest absolute Gasteiger partial charge is 0.506 e. The Labute approximate surface area is 96.7 Å². The van der Waals surface area contributed by atoms with Crippen LogP contribution in [0, 0.1) is 13.8 Å². The van der Waals surface area contributed by atoms with Crippen LogP contribution in [0.5, 0.6) is 5.75 Å². The minimum atomic E-state index is -1.58. The summed E-state index contributed by atoms with van der Waals surface area (Å²) < 4.78 is 0. The molecule has 1 aromatic heterocycles. The zero-order valence-electron chi connectivity index (χ0n) is 9.37. The SMILES string of the molecule is Cc1[nH]c2ccc(C(=O)C(=O)O)c(O)c2c1C. The third-order valence-electron chi connectivity index (χ3n) is 2.88. The van der Waals surface area contributed by atoms with Crippen LogP contribution in [0.2, 0.25) is 0 Å². The Morgan fingerprint density at radius 1 is 1.24 bits per heavy atom. The van der Waals surface area contributed by atoms with Crippen molar-refractivity contribution in [1.82, 2.24) is 4.98 Å². The molecule has 0 saturated carbocycles. The lowest BCUT2D eigenvalue weighted by Crippen LogP contribution is -2.12. The van der Waals surface area contributed by atoms with E-state index in [0.717, 1.165) is 11.3 Å². The van der Waals surface area contributed by atoms with Gasteiger partial charge in [0.1, 0.15) is 5.75 Å². The lowest BCUT2D eigenvalue weighted by Gasteiger charge is -2.02. The fourth-order valence-corrected chi connectivity index (χ4v) is 1.86. The second-order valence-electron chi connectivity index (χ2n) is 3.89. The average molecular weight is 233 g/mol. The first-order chi connectivity index (χ1) is 7.93. The zero-order valence-corrected chi connectivity index (χ0v) is 9.37. The predicted octanol–water partition coefficient (Wildman–Crippen LogP) is 1.76. The molecule has 0 aliphatic heterocycles. The molecule has 88 valence electrons. The molecule has 3 N–H and O–H groups in total. The number of carboxylic acid groups (broad SMARTS) is 1. The minimum absolute atomic E-state index is 0.188. The number of aromatic nitrogens is 1. The van der Waals surface area contributed by atoms with Gasteiger partial charge in [-0.1, -0.05) is 0 Å². The molecule has 5 nitrogen and oxygen atoms in total. The van der Waals surface area contributed by atoms with Crippen molar-refractivity contribution in [2.24, 2.45) is 0 Å². The smallest absolute Gasteiger partial charge is 0.377 e. The molecule has 0 aliphatic carbocycles. The van der Waals surface area contributed by atoms with Crippen molar-refractivity contribution >= 4 is 22.7 Å². The summed E-state index contributed by atoms with van der Waals surface area (Å²) in [7, 11) is 0. The molecular weight excluding hydrogens is 222 g/mol. The number of carbonyl (C=O) groups is 2. The number of phenols is 1. The summed E-state index contributed by atoms with van der Waals surface area (Å²) in [4.78, 5) is 25.0. The number of ketones is 1. The van der Waals surface area contributed by atoms with Crippen LogP contribution < -0.4 is 0 Å². The number of H-pyrrole nitrogens is 1. The van der Waals surface area contributed by atoms with Gasteiger partial charge in [0.2, 0.25) is 0 Å². The van der Waals surface area contributed by atoms with E-state index >= 15 is 0 Å². The number of hydrogen-bond acceptors (Lipinski definition) is 3. The number of hydrogen-bond donors (Lipinski definition) is 3. The molecule has 0 atom stereocenters. The molecule has 2 aromatic rings. The molecule has 0 amide bonds. The van der Waals surface area contributed by atoms with Crippen LogP contribution in [0.1, 0.15) is 21.6 Å². The summed E-state index contributed by atoms with van der Waals surface area (Å²) in [6.45, 7) is 3.64. The molecule has 0 bridgehead atoms. The molecule has 0 aliphatic rings. The van der Waals surface area contributed by atoms with E-state index in [1.54, 1.807) is 13.0 Å². The number of phenolic OH excluding ortho intramolecular Hbond substituents is 1. The van der Waals surface area contributed by atoms with Crippen LogP contribution in [0.25, 0.3) is 10.9 Å². The molecule has 0 spiro atoms. The first-order valence-corrected chi connectivity index (χ1v) is 5.02. The fourth-order valence-electron chi connectivity index (χ4n) is 1.86.